The molecule has 0 spiro atoms. The van der Waals surface area contributed by atoms with Gasteiger partial charge in [0.2, 0.25) is 0 Å². The molecular weight excluding hydrogens is 334 g/mol. The fraction of sp³-hybridized carbons (Fsp3) is 0.294. The Bertz CT molecular complexity index is 637. The van der Waals surface area contributed by atoms with Gasteiger partial charge in [-0.25, -0.2) is 0 Å². The zero-order valence-electron chi connectivity index (χ0n) is 12.2. The maximum absolute atomic E-state index is 6.06. The molecule has 0 bridgehead atoms. The van der Waals surface area contributed by atoms with Gasteiger partial charge in [0.25, 0.3) is 0 Å². The maximum Gasteiger partial charge on any atom is 0.0579 e. The highest BCUT2D eigenvalue weighted by atomic mass is 79.9. The van der Waals surface area contributed by atoms with E-state index in [1.54, 1.807) is 0 Å². The minimum absolute atomic E-state index is 0.180. The molecular formula is C17H19BrClN. The van der Waals surface area contributed by atoms with Gasteiger partial charge in [0.05, 0.1) is 6.04 Å². The molecule has 106 valence electrons. The monoisotopic (exact) mass is 351 g/mol. The SMILES string of the molecule is CNC(c1ccc(Cl)cc1C)c1cc(C)c(Br)cc1C. The number of benzene rings is 2. The third kappa shape index (κ3) is 3.08. The minimum Gasteiger partial charge on any atom is -0.309 e. The summed E-state index contributed by atoms with van der Waals surface area (Å²) < 4.78 is 1.15. The van der Waals surface area contributed by atoms with E-state index < -0.39 is 0 Å². The smallest absolute Gasteiger partial charge is 0.0579 e. The summed E-state index contributed by atoms with van der Waals surface area (Å²) in [4.78, 5) is 0. The summed E-state index contributed by atoms with van der Waals surface area (Å²) in [6.07, 6.45) is 0. The van der Waals surface area contributed by atoms with Crippen molar-refractivity contribution in [1.29, 1.82) is 0 Å². The Kier molecular flexibility index (Phi) is 4.90. The fourth-order valence-corrected chi connectivity index (χ4v) is 3.24. The lowest BCUT2D eigenvalue weighted by atomic mass is 9.91. The molecule has 0 aromatic heterocycles. The Balaban J connectivity index is 2.55. The summed E-state index contributed by atoms with van der Waals surface area (Å²) in [6, 6.07) is 10.7. The van der Waals surface area contributed by atoms with Gasteiger partial charge < -0.3 is 5.32 Å². The Hall–Kier alpha value is -0.830. The second kappa shape index (κ2) is 6.30. The molecule has 2 rings (SSSR count). The summed E-state index contributed by atoms with van der Waals surface area (Å²) >= 11 is 9.66. The van der Waals surface area contributed by atoms with Crippen molar-refractivity contribution >= 4 is 27.5 Å². The van der Waals surface area contributed by atoms with Gasteiger partial charge in [0.15, 0.2) is 0 Å². The molecule has 1 N–H and O–H groups in total. The Labute approximate surface area is 134 Å². The van der Waals surface area contributed by atoms with Gasteiger partial charge in [-0.15, -0.1) is 0 Å². The van der Waals surface area contributed by atoms with Crippen LogP contribution in [0.2, 0.25) is 5.02 Å². The van der Waals surface area contributed by atoms with Crippen molar-refractivity contribution in [2.75, 3.05) is 7.05 Å². The van der Waals surface area contributed by atoms with Crippen LogP contribution in [-0.2, 0) is 0 Å². The first-order chi connectivity index (χ1) is 9.43. The number of hydrogen-bond donors (Lipinski definition) is 1. The predicted molar refractivity (Wildman–Crippen MR) is 90.7 cm³/mol. The lowest BCUT2D eigenvalue weighted by Crippen LogP contribution is -2.20. The first-order valence-electron chi connectivity index (χ1n) is 6.64. The quantitative estimate of drug-likeness (QED) is 0.786. The molecule has 0 saturated carbocycles. The Morgan fingerprint density at radius 1 is 0.950 bits per heavy atom. The number of hydrogen-bond acceptors (Lipinski definition) is 1. The highest BCUT2D eigenvalue weighted by Crippen LogP contribution is 2.31. The van der Waals surface area contributed by atoms with E-state index in [-0.39, 0.29) is 6.04 Å². The van der Waals surface area contributed by atoms with Crippen LogP contribution in [0.1, 0.15) is 33.9 Å². The van der Waals surface area contributed by atoms with E-state index in [9.17, 15) is 0 Å². The minimum atomic E-state index is 0.180. The first kappa shape index (κ1) is 15.6. The highest BCUT2D eigenvalue weighted by molar-refractivity contribution is 9.10. The molecule has 1 atom stereocenters. The van der Waals surface area contributed by atoms with E-state index in [2.05, 4.69) is 60.2 Å². The molecule has 0 aliphatic carbocycles. The molecule has 20 heavy (non-hydrogen) atoms. The van der Waals surface area contributed by atoms with Crippen molar-refractivity contribution in [2.24, 2.45) is 0 Å². The Morgan fingerprint density at radius 3 is 2.20 bits per heavy atom. The van der Waals surface area contributed by atoms with Gasteiger partial charge in [0, 0.05) is 9.50 Å². The molecule has 0 radical (unpaired) electrons. The maximum atomic E-state index is 6.06. The zero-order valence-corrected chi connectivity index (χ0v) is 14.6. The van der Waals surface area contributed by atoms with Crippen molar-refractivity contribution in [3.63, 3.8) is 0 Å². The van der Waals surface area contributed by atoms with Crippen LogP contribution in [0, 0.1) is 20.8 Å². The summed E-state index contributed by atoms with van der Waals surface area (Å²) in [5.41, 5.74) is 6.30. The lowest BCUT2D eigenvalue weighted by Gasteiger charge is -2.22. The van der Waals surface area contributed by atoms with Crippen LogP contribution in [0.5, 0.6) is 0 Å². The topological polar surface area (TPSA) is 12.0 Å². The van der Waals surface area contributed by atoms with Crippen LogP contribution in [-0.4, -0.2) is 7.05 Å². The molecule has 0 fully saturated rings. The van der Waals surface area contributed by atoms with Crippen LogP contribution in [0.15, 0.2) is 34.8 Å². The van der Waals surface area contributed by atoms with Crippen molar-refractivity contribution in [2.45, 2.75) is 26.8 Å². The fourth-order valence-electron chi connectivity index (χ4n) is 2.56. The van der Waals surface area contributed by atoms with Crippen LogP contribution < -0.4 is 5.32 Å². The van der Waals surface area contributed by atoms with Crippen LogP contribution >= 0.6 is 27.5 Å². The average molecular weight is 353 g/mol. The summed E-state index contributed by atoms with van der Waals surface area (Å²) in [6.45, 7) is 6.37. The van der Waals surface area contributed by atoms with E-state index in [0.29, 0.717) is 0 Å². The Morgan fingerprint density at radius 2 is 1.60 bits per heavy atom. The van der Waals surface area contributed by atoms with Gasteiger partial charge in [0.1, 0.15) is 0 Å². The number of aryl methyl sites for hydroxylation is 3. The molecule has 2 aromatic carbocycles. The zero-order chi connectivity index (χ0) is 14.9. The normalized spacial score (nSPS) is 12.5. The molecule has 0 aliphatic heterocycles. The van der Waals surface area contributed by atoms with E-state index in [0.717, 1.165) is 9.50 Å². The van der Waals surface area contributed by atoms with Crippen LogP contribution in [0.3, 0.4) is 0 Å². The molecule has 1 unspecified atom stereocenters. The number of nitrogens with one attached hydrogen (secondary N) is 1. The van der Waals surface area contributed by atoms with Gasteiger partial charge in [-0.05, 0) is 73.8 Å². The van der Waals surface area contributed by atoms with E-state index in [1.807, 2.05) is 19.2 Å². The van der Waals surface area contributed by atoms with Crippen molar-refractivity contribution in [3.8, 4) is 0 Å². The number of halogens is 2. The van der Waals surface area contributed by atoms with Gasteiger partial charge in [-0.3, -0.25) is 0 Å². The summed E-state index contributed by atoms with van der Waals surface area (Å²) in [5, 5.41) is 4.21. The molecule has 2 aromatic rings. The van der Waals surface area contributed by atoms with Crippen LogP contribution in [0.25, 0.3) is 0 Å². The molecule has 3 heteroatoms. The number of rotatable bonds is 3. The van der Waals surface area contributed by atoms with E-state index in [4.69, 9.17) is 11.6 Å². The van der Waals surface area contributed by atoms with Gasteiger partial charge in [-0.1, -0.05) is 39.7 Å². The predicted octanol–water partition coefficient (Wildman–Crippen LogP) is 5.34. The third-order valence-electron chi connectivity index (χ3n) is 3.69. The highest BCUT2D eigenvalue weighted by Gasteiger charge is 2.17. The molecule has 0 saturated heterocycles. The van der Waals surface area contributed by atoms with E-state index >= 15 is 0 Å². The van der Waals surface area contributed by atoms with Gasteiger partial charge in [-0.2, -0.15) is 0 Å². The molecule has 0 heterocycles. The lowest BCUT2D eigenvalue weighted by molar-refractivity contribution is 0.682. The van der Waals surface area contributed by atoms with Crippen molar-refractivity contribution < 1.29 is 0 Å². The van der Waals surface area contributed by atoms with Crippen LogP contribution in [0.4, 0.5) is 0 Å². The molecule has 0 aliphatic rings. The van der Waals surface area contributed by atoms with E-state index in [1.165, 1.54) is 27.8 Å². The second-order valence-electron chi connectivity index (χ2n) is 5.18. The standard InChI is InChI=1S/C17H19BrClN/c1-10-7-13(19)5-6-14(10)17(20-4)15-8-12(3)16(18)9-11(15)2/h5-9,17,20H,1-4H3. The van der Waals surface area contributed by atoms with Crippen molar-refractivity contribution in [1.82, 2.24) is 5.32 Å². The first-order valence-corrected chi connectivity index (χ1v) is 7.81. The second-order valence-corrected chi connectivity index (χ2v) is 6.47. The largest absolute Gasteiger partial charge is 0.309 e. The average Bonchev–Trinajstić information content (AvgIpc) is 2.38. The summed E-state index contributed by atoms with van der Waals surface area (Å²) in [7, 11) is 2.00. The molecule has 0 amide bonds. The van der Waals surface area contributed by atoms with Crippen molar-refractivity contribution in [3.05, 3.63) is 67.6 Å². The van der Waals surface area contributed by atoms with Gasteiger partial charge >= 0.3 is 0 Å². The molecule has 1 nitrogen and oxygen atoms in total. The summed E-state index contributed by atoms with van der Waals surface area (Å²) in [5.74, 6) is 0. The third-order valence-corrected chi connectivity index (χ3v) is 4.78.